The Balaban J connectivity index is 1.74. The van der Waals surface area contributed by atoms with Crippen LogP contribution in [-0.4, -0.2) is 59.4 Å². The van der Waals surface area contributed by atoms with Crippen LogP contribution in [-0.2, 0) is 20.8 Å². The van der Waals surface area contributed by atoms with Crippen LogP contribution in [0.4, 0.5) is 0 Å². The maximum absolute atomic E-state index is 12.3. The fraction of sp³-hybridized carbons (Fsp3) is 0.526. The van der Waals surface area contributed by atoms with E-state index in [0.29, 0.717) is 32.4 Å². The number of hydrogen-bond acceptors (Lipinski definition) is 3. The first-order chi connectivity index (χ1) is 12.0. The fourth-order valence-electron chi connectivity index (χ4n) is 3.12. The second-order valence-electron chi connectivity index (χ2n) is 6.54. The molecule has 136 valence electrons. The summed E-state index contributed by atoms with van der Waals surface area (Å²) in [7, 11) is 1.64. The largest absolute Gasteiger partial charge is 0.481 e. The number of nitrogens with zero attached hydrogens (tertiary/aromatic N) is 2. The highest BCUT2D eigenvalue weighted by Crippen LogP contribution is 2.20. The highest BCUT2D eigenvalue weighted by Gasteiger charge is 2.28. The van der Waals surface area contributed by atoms with Crippen molar-refractivity contribution in [3.05, 3.63) is 35.9 Å². The highest BCUT2D eigenvalue weighted by atomic mass is 16.4. The molecule has 0 spiro atoms. The van der Waals surface area contributed by atoms with Gasteiger partial charge in [-0.1, -0.05) is 30.3 Å². The Hall–Kier alpha value is -2.37. The van der Waals surface area contributed by atoms with Crippen LogP contribution >= 0.6 is 0 Å². The molecule has 0 unspecified atom stereocenters. The standard InChI is InChI=1S/C19H26N2O4/c1-20(12-11-18(23)24)19(25)16-9-13-21(14-10-16)17(22)8-7-15-5-3-2-4-6-15/h2-6,16H,7-14H2,1H3,(H,23,24). The van der Waals surface area contributed by atoms with Crippen molar-refractivity contribution >= 4 is 17.8 Å². The molecule has 0 radical (unpaired) electrons. The molecule has 0 bridgehead atoms. The molecule has 1 aromatic carbocycles. The van der Waals surface area contributed by atoms with E-state index in [2.05, 4.69) is 0 Å². The Kier molecular flexibility index (Phi) is 6.98. The average Bonchev–Trinajstić information content (AvgIpc) is 2.64. The summed E-state index contributed by atoms with van der Waals surface area (Å²) in [5, 5.41) is 8.70. The van der Waals surface area contributed by atoms with Crippen LogP contribution in [0.1, 0.15) is 31.2 Å². The zero-order valence-electron chi connectivity index (χ0n) is 14.7. The molecule has 1 aliphatic rings. The Morgan fingerprint density at radius 2 is 1.76 bits per heavy atom. The zero-order chi connectivity index (χ0) is 18.2. The molecule has 1 fully saturated rings. The van der Waals surface area contributed by atoms with Crippen molar-refractivity contribution in [2.45, 2.75) is 32.1 Å². The maximum Gasteiger partial charge on any atom is 0.305 e. The fourth-order valence-corrected chi connectivity index (χ4v) is 3.12. The number of hydrogen-bond donors (Lipinski definition) is 1. The van der Waals surface area contributed by atoms with E-state index in [1.54, 1.807) is 7.05 Å². The van der Waals surface area contributed by atoms with Crippen molar-refractivity contribution in [3.63, 3.8) is 0 Å². The summed E-state index contributed by atoms with van der Waals surface area (Å²) in [5.41, 5.74) is 1.15. The van der Waals surface area contributed by atoms with Crippen molar-refractivity contribution in [2.75, 3.05) is 26.7 Å². The second kappa shape index (κ2) is 9.20. The van der Waals surface area contributed by atoms with Crippen molar-refractivity contribution in [1.29, 1.82) is 0 Å². The van der Waals surface area contributed by atoms with E-state index in [4.69, 9.17) is 5.11 Å². The number of aryl methyl sites for hydroxylation is 1. The first kappa shape index (κ1) is 19.0. The van der Waals surface area contributed by atoms with Gasteiger partial charge in [-0.25, -0.2) is 0 Å². The smallest absolute Gasteiger partial charge is 0.305 e. The van der Waals surface area contributed by atoms with Crippen LogP contribution < -0.4 is 0 Å². The van der Waals surface area contributed by atoms with Crippen LogP contribution in [0.15, 0.2) is 30.3 Å². The molecular formula is C19H26N2O4. The normalized spacial score (nSPS) is 15.0. The summed E-state index contributed by atoms with van der Waals surface area (Å²) in [5.74, 6) is -0.901. The summed E-state index contributed by atoms with van der Waals surface area (Å²) in [6, 6.07) is 9.94. The molecule has 6 heteroatoms. The number of benzene rings is 1. The SMILES string of the molecule is CN(CCC(=O)O)C(=O)C1CCN(C(=O)CCc2ccccc2)CC1. The van der Waals surface area contributed by atoms with Gasteiger partial charge >= 0.3 is 5.97 Å². The predicted octanol–water partition coefficient (Wildman–Crippen LogP) is 1.79. The molecule has 25 heavy (non-hydrogen) atoms. The Bertz CT molecular complexity index is 595. The zero-order valence-corrected chi connectivity index (χ0v) is 14.7. The van der Waals surface area contributed by atoms with Gasteiger partial charge in [0.2, 0.25) is 11.8 Å². The lowest BCUT2D eigenvalue weighted by Gasteiger charge is -2.33. The minimum Gasteiger partial charge on any atom is -0.481 e. The minimum absolute atomic E-state index is 0.0161. The van der Waals surface area contributed by atoms with E-state index in [1.807, 2.05) is 35.2 Å². The Morgan fingerprint density at radius 1 is 1.12 bits per heavy atom. The van der Waals surface area contributed by atoms with Gasteiger partial charge < -0.3 is 14.9 Å². The number of likely N-dealkylation sites (tertiary alicyclic amines) is 1. The average molecular weight is 346 g/mol. The number of carbonyl (C=O) groups excluding carboxylic acids is 2. The first-order valence-corrected chi connectivity index (χ1v) is 8.76. The molecule has 1 saturated heterocycles. The van der Waals surface area contributed by atoms with E-state index in [0.717, 1.165) is 12.0 Å². The maximum atomic E-state index is 12.3. The number of carboxylic acid groups (broad SMARTS) is 1. The summed E-state index contributed by atoms with van der Waals surface area (Å²) < 4.78 is 0. The van der Waals surface area contributed by atoms with Gasteiger partial charge in [-0.2, -0.15) is 0 Å². The third-order valence-electron chi connectivity index (χ3n) is 4.70. The molecule has 0 aliphatic carbocycles. The minimum atomic E-state index is -0.904. The van der Waals surface area contributed by atoms with Gasteiger partial charge in [-0.15, -0.1) is 0 Å². The van der Waals surface area contributed by atoms with E-state index in [-0.39, 0.29) is 30.7 Å². The predicted molar refractivity (Wildman–Crippen MR) is 94.0 cm³/mol. The van der Waals surface area contributed by atoms with Crippen molar-refractivity contribution in [2.24, 2.45) is 5.92 Å². The number of aliphatic carboxylic acids is 1. The second-order valence-corrected chi connectivity index (χ2v) is 6.54. The van der Waals surface area contributed by atoms with Gasteiger partial charge in [-0.05, 0) is 24.8 Å². The third-order valence-corrected chi connectivity index (χ3v) is 4.70. The quantitative estimate of drug-likeness (QED) is 0.816. The number of rotatable bonds is 7. The van der Waals surface area contributed by atoms with Crippen LogP contribution in [0.3, 0.4) is 0 Å². The number of carboxylic acids is 1. The van der Waals surface area contributed by atoms with E-state index < -0.39 is 5.97 Å². The van der Waals surface area contributed by atoms with Crippen molar-refractivity contribution < 1.29 is 19.5 Å². The monoisotopic (exact) mass is 346 g/mol. The summed E-state index contributed by atoms with van der Waals surface area (Å²) in [4.78, 5) is 38.6. The lowest BCUT2D eigenvalue weighted by atomic mass is 9.95. The molecule has 6 nitrogen and oxygen atoms in total. The van der Waals surface area contributed by atoms with Gasteiger partial charge in [0.05, 0.1) is 6.42 Å². The Labute approximate surface area is 148 Å². The van der Waals surface area contributed by atoms with Gasteiger partial charge in [0.25, 0.3) is 0 Å². The molecule has 1 N–H and O–H groups in total. The molecule has 1 heterocycles. The van der Waals surface area contributed by atoms with Gasteiger partial charge in [0, 0.05) is 39.0 Å². The lowest BCUT2D eigenvalue weighted by molar-refractivity contribution is -0.141. The van der Waals surface area contributed by atoms with Gasteiger partial charge in [0.15, 0.2) is 0 Å². The molecule has 0 aromatic heterocycles. The third kappa shape index (κ3) is 5.89. The summed E-state index contributed by atoms with van der Waals surface area (Å²) in [6.45, 7) is 1.41. The van der Waals surface area contributed by atoms with Crippen LogP contribution in [0.25, 0.3) is 0 Å². The van der Waals surface area contributed by atoms with Crippen LogP contribution in [0.5, 0.6) is 0 Å². The number of piperidine rings is 1. The summed E-state index contributed by atoms with van der Waals surface area (Å²) in [6.07, 6.45) is 2.47. The van der Waals surface area contributed by atoms with E-state index in [9.17, 15) is 14.4 Å². The molecular weight excluding hydrogens is 320 g/mol. The van der Waals surface area contributed by atoms with Gasteiger partial charge in [-0.3, -0.25) is 14.4 Å². The molecule has 1 aromatic rings. The molecule has 2 amide bonds. The molecule has 0 atom stereocenters. The topological polar surface area (TPSA) is 77.9 Å². The van der Waals surface area contributed by atoms with Crippen molar-refractivity contribution in [1.82, 2.24) is 9.80 Å². The highest BCUT2D eigenvalue weighted by molar-refractivity contribution is 5.80. The summed E-state index contributed by atoms with van der Waals surface area (Å²) >= 11 is 0. The van der Waals surface area contributed by atoms with E-state index >= 15 is 0 Å². The van der Waals surface area contributed by atoms with Crippen LogP contribution in [0.2, 0.25) is 0 Å². The van der Waals surface area contributed by atoms with Gasteiger partial charge in [0.1, 0.15) is 0 Å². The first-order valence-electron chi connectivity index (χ1n) is 8.76. The number of amides is 2. The molecule has 1 aliphatic heterocycles. The van der Waals surface area contributed by atoms with Crippen LogP contribution in [0, 0.1) is 5.92 Å². The molecule has 2 rings (SSSR count). The molecule has 0 saturated carbocycles. The lowest BCUT2D eigenvalue weighted by Crippen LogP contribution is -2.43. The van der Waals surface area contributed by atoms with Crippen molar-refractivity contribution in [3.8, 4) is 0 Å². The Morgan fingerprint density at radius 3 is 2.36 bits per heavy atom. The van der Waals surface area contributed by atoms with E-state index in [1.165, 1.54) is 4.90 Å². The number of carbonyl (C=O) groups is 3.